The quantitative estimate of drug-likeness (QED) is 0.573. The lowest BCUT2D eigenvalue weighted by Crippen LogP contribution is -2.25. The molecule has 0 saturated carbocycles. The number of hydrogen-bond acceptors (Lipinski definition) is 3. The highest BCUT2D eigenvalue weighted by molar-refractivity contribution is 5.73. The maximum Gasteiger partial charge on any atom is 0.310 e. The van der Waals surface area contributed by atoms with Gasteiger partial charge in [-0.3, -0.25) is 4.79 Å². The normalized spacial score (nSPS) is 10.8. The molecule has 0 aliphatic rings. The van der Waals surface area contributed by atoms with Gasteiger partial charge >= 0.3 is 5.97 Å². The summed E-state index contributed by atoms with van der Waals surface area (Å²) in [6, 6.07) is 7.47. The van der Waals surface area contributed by atoms with E-state index in [9.17, 15) is 4.79 Å². The largest absolute Gasteiger partial charge is 0.484 e. The molecule has 0 aromatic heterocycles. The van der Waals surface area contributed by atoms with E-state index < -0.39 is 5.60 Å². The van der Waals surface area contributed by atoms with E-state index in [1.54, 1.807) is 13.0 Å². The molecule has 1 aromatic carbocycles. The summed E-state index contributed by atoms with van der Waals surface area (Å²) in [5.74, 6) is 0.445. The Hall–Kier alpha value is -1.77. The number of para-hydroxylation sites is 1. The third-order valence-electron chi connectivity index (χ3n) is 2.48. The Kier molecular flexibility index (Phi) is 4.95. The molecule has 0 fully saturated rings. The summed E-state index contributed by atoms with van der Waals surface area (Å²) in [5.41, 5.74) is 0.357. The lowest BCUT2D eigenvalue weighted by molar-refractivity contribution is -0.142. The van der Waals surface area contributed by atoms with Crippen molar-refractivity contribution in [3.8, 4) is 5.75 Å². The van der Waals surface area contributed by atoms with Gasteiger partial charge in [-0.05, 0) is 32.9 Å². The maximum atomic E-state index is 11.5. The van der Waals surface area contributed by atoms with E-state index in [0.29, 0.717) is 12.4 Å². The van der Waals surface area contributed by atoms with Crippen molar-refractivity contribution >= 4 is 5.97 Å². The Morgan fingerprint density at radius 3 is 2.67 bits per heavy atom. The van der Waals surface area contributed by atoms with Crippen LogP contribution in [0.15, 0.2) is 36.9 Å². The molecule has 0 N–H and O–H groups in total. The molecule has 0 aliphatic carbocycles. The summed E-state index contributed by atoms with van der Waals surface area (Å²) in [6.45, 7) is 9.75. The van der Waals surface area contributed by atoms with Gasteiger partial charge in [-0.15, -0.1) is 0 Å². The fourth-order valence-corrected chi connectivity index (χ4v) is 1.44. The highest BCUT2D eigenvalue weighted by atomic mass is 16.5. The molecular weight excluding hydrogens is 228 g/mol. The van der Waals surface area contributed by atoms with E-state index in [-0.39, 0.29) is 12.4 Å². The topological polar surface area (TPSA) is 35.5 Å². The lowest BCUT2D eigenvalue weighted by Gasteiger charge is -2.24. The van der Waals surface area contributed by atoms with E-state index >= 15 is 0 Å². The number of esters is 1. The van der Waals surface area contributed by atoms with Gasteiger partial charge in [0.1, 0.15) is 11.4 Å². The molecule has 1 rings (SSSR count). The van der Waals surface area contributed by atoms with Crippen molar-refractivity contribution in [3.05, 3.63) is 42.5 Å². The van der Waals surface area contributed by atoms with Gasteiger partial charge in [-0.25, -0.2) is 0 Å². The average molecular weight is 248 g/mol. The van der Waals surface area contributed by atoms with Crippen LogP contribution in [0.2, 0.25) is 0 Å². The molecule has 0 spiro atoms. The van der Waals surface area contributed by atoms with Crippen molar-refractivity contribution in [2.75, 3.05) is 6.61 Å². The number of carbonyl (C=O) groups excluding carboxylic acids is 1. The molecule has 0 radical (unpaired) electrons. The van der Waals surface area contributed by atoms with Crippen molar-refractivity contribution in [1.29, 1.82) is 0 Å². The Bertz CT molecular complexity index is 422. The predicted octanol–water partition coefficient (Wildman–Crippen LogP) is 3.14. The van der Waals surface area contributed by atoms with E-state index in [4.69, 9.17) is 9.47 Å². The van der Waals surface area contributed by atoms with Gasteiger partial charge in [0.15, 0.2) is 0 Å². The van der Waals surface area contributed by atoms with Crippen LogP contribution in [0.1, 0.15) is 26.3 Å². The molecule has 3 nitrogen and oxygen atoms in total. The molecule has 0 saturated heterocycles. The van der Waals surface area contributed by atoms with Gasteiger partial charge in [0.05, 0.1) is 13.0 Å². The second-order valence-corrected chi connectivity index (χ2v) is 4.50. The van der Waals surface area contributed by atoms with Crippen molar-refractivity contribution in [1.82, 2.24) is 0 Å². The molecule has 0 bridgehead atoms. The first-order valence-corrected chi connectivity index (χ1v) is 6.04. The van der Waals surface area contributed by atoms with Crippen LogP contribution in [0.25, 0.3) is 0 Å². The second kappa shape index (κ2) is 6.24. The van der Waals surface area contributed by atoms with E-state index in [1.807, 2.05) is 38.1 Å². The second-order valence-electron chi connectivity index (χ2n) is 4.50. The van der Waals surface area contributed by atoms with Crippen LogP contribution in [-0.4, -0.2) is 18.2 Å². The molecule has 0 atom stereocenters. The Morgan fingerprint density at radius 2 is 2.06 bits per heavy atom. The number of hydrogen-bond donors (Lipinski definition) is 0. The van der Waals surface area contributed by atoms with E-state index in [2.05, 4.69) is 6.58 Å². The fourth-order valence-electron chi connectivity index (χ4n) is 1.44. The molecule has 0 unspecified atom stereocenters. The molecule has 3 heteroatoms. The van der Waals surface area contributed by atoms with Gasteiger partial charge in [-0.1, -0.05) is 24.8 Å². The molecule has 18 heavy (non-hydrogen) atoms. The maximum absolute atomic E-state index is 11.5. The summed E-state index contributed by atoms with van der Waals surface area (Å²) < 4.78 is 10.8. The monoisotopic (exact) mass is 248 g/mol. The van der Waals surface area contributed by atoms with Crippen LogP contribution in [0, 0.1) is 0 Å². The minimum Gasteiger partial charge on any atom is -0.484 e. The molecule has 0 amide bonds. The van der Waals surface area contributed by atoms with Crippen molar-refractivity contribution < 1.29 is 14.3 Å². The first kappa shape index (κ1) is 14.3. The molecular formula is C15H20O3. The summed E-state index contributed by atoms with van der Waals surface area (Å²) in [7, 11) is 0. The van der Waals surface area contributed by atoms with Crippen LogP contribution in [-0.2, 0) is 16.0 Å². The summed E-state index contributed by atoms with van der Waals surface area (Å²) in [4.78, 5) is 11.5. The smallest absolute Gasteiger partial charge is 0.310 e. The van der Waals surface area contributed by atoms with Gasteiger partial charge in [-0.2, -0.15) is 0 Å². The third kappa shape index (κ3) is 4.24. The van der Waals surface area contributed by atoms with Gasteiger partial charge in [0, 0.05) is 5.56 Å². The number of carbonyl (C=O) groups is 1. The van der Waals surface area contributed by atoms with Gasteiger partial charge in [0.2, 0.25) is 0 Å². The number of rotatable bonds is 6. The van der Waals surface area contributed by atoms with Gasteiger partial charge in [0.25, 0.3) is 0 Å². The molecule has 1 aromatic rings. The summed E-state index contributed by atoms with van der Waals surface area (Å²) >= 11 is 0. The average Bonchev–Trinajstić information content (AvgIpc) is 2.32. The highest BCUT2D eigenvalue weighted by Gasteiger charge is 2.17. The summed E-state index contributed by atoms with van der Waals surface area (Å²) in [6.07, 6.45) is 1.95. The van der Waals surface area contributed by atoms with Crippen LogP contribution in [0.5, 0.6) is 5.75 Å². The SMILES string of the molecule is C=CC(C)(C)Oc1ccccc1CC(=O)OCC. The zero-order valence-electron chi connectivity index (χ0n) is 11.2. The minimum atomic E-state index is -0.467. The Balaban J connectivity index is 2.86. The van der Waals surface area contributed by atoms with Crippen LogP contribution >= 0.6 is 0 Å². The van der Waals surface area contributed by atoms with Crippen molar-refractivity contribution in [2.24, 2.45) is 0 Å². The number of ether oxygens (including phenoxy) is 2. The van der Waals surface area contributed by atoms with Crippen LogP contribution in [0.4, 0.5) is 0 Å². The van der Waals surface area contributed by atoms with Crippen LogP contribution in [0.3, 0.4) is 0 Å². The third-order valence-corrected chi connectivity index (χ3v) is 2.48. The summed E-state index contributed by atoms with van der Waals surface area (Å²) in [5, 5.41) is 0. The molecule has 0 aliphatic heterocycles. The van der Waals surface area contributed by atoms with Crippen molar-refractivity contribution in [2.45, 2.75) is 32.8 Å². The van der Waals surface area contributed by atoms with Gasteiger partial charge < -0.3 is 9.47 Å². The fraction of sp³-hybridized carbons (Fsp3) is 0.400. The zero-order chi connectivity index (χ0) is 13.6. The Morgan fingerprint density at radius 1 is 1.39 bits per heavy atom. The minimum absolute atomic E-state index is 0.219. The van der Waals surface area contributed by atoms with Crippen molar-refractivity contribution in [3.63, 3.8) is 0 Å². The van der Waals surface area contributed by atoms with Crippen LogP contribution < -0.4 is 4.74 Å². The zero-order valence-corrected chi connectivity index (χ0v) is 11.2. The highest BCUT2D eigenvalue weighted by Crippen LogP contribution is 2.24. The lowest BCUT2D eigenvalue weighted by atomic mass is 10.1. The van der Waals surface area contributed by atoms with E-state index in [0.717, 1.165) is 5.56 Å². The standard InChI is InChI=1S/C15H20O3/c1-5-15(3,4)18-13-10-8-7-9-12(13)11-14(16)17-6-2/h5,7-10H,1,6,11H2,2-4H3. The molecule has 98 valence electrons. The first-order valence-electron chi connectivity index (χ1n) is 6.04. The van der Waals surface area contributed by atoms with E-state index in [1.165, 1.54) is 0 Å². The first-order chi connectivity index (χ1) is 8.48. The Labute approximate surface area is 108 Å². The number of benzene rings is 1. The molecule has 0 heterocycles. The predicted molar refractivity (Wildman–Crippen MR) is 71.7 cm³/mol.